The van der Waals surface area contributed by atoms with Crippen molar-refractivity contribution in [2.24, 2.45) is 0 Å². The van der Waals surface area contributed by atoms with E-state index in [9.17, 15) is 9.59 Å². The predicted octanol–water partition coefficient (Wildman–Crippen LogP) is 4.95. The van der Waals surface area contributed by atoms with E-state index in [1.807, 2.05) is 37.3 Å². The molecule has 0 atom stereocenters. The summed E-state index contributed by atoms with van der Waals surface area (Å²) in [5.74, 6) is 0.357. The molecule has 0 aliphatic carbocycles. The summed E-state index contributed by atoms with van der Waals surface area (Å²) in [6.45, 7) is 3.46. The molecule has 0 saturated carbocycles. The second kappa shape index (κ2) is 8.68. The molecular weight excluding hydrogens is 420 g/mol. The molecule has 30 heavy (non-hydrogen) atoms. The number of amides is 1. The van der Waals surface area contributed by atoms with Gasteiger partial charge in [0.25, 0.3) is 0 Å². The van der Waals surface area contributed by atoms with Gasteiger partial charge < -0.3 is 15.1 Å². The van der Waals surface area contributed by atoms with Crippen LogP contribution in [0.5, 0.6) is 0 Å². The number of fused-ring (bicyclic) bond motifs is 1. The lowest BCUT2D eigenvalue weighted by molar-refractivity contribution is -0.114. The zero-order valence-corrected chi connectivity index (χ0v) is 17.9. The molecule has 0 bridgehead atoms. The number of benzene rings is 2. The number of hydrogen-bond acceptors (Lipinski definition) is 8. The number of carbonyl (C=O) groups excluding carboxylic acids is 1. The highest BCUT2D eigenvalue weighted by Crippen LogP contribution is 2.32. The van der Waals surface area contributed by atoms with E-state index < -0.39 is 5.63 Å². The van der Waals surface area contributed by atoms with Gasteiger partial charge in [-0.2, -0.15) is 0 Å². The first-order valence-electron chi connectivity index (χ1n) is 9.11. The van der Waals surface area contributed by atoms with Crippen LogP contribution in [-0.4, -0.2) is 16.1 Å². The van der Waals surface area contributed by atoms with Gasteiger partial charge in [-0.05, 0) is 42.3 Å². The van der Waals surface area contributed by atoms with Crippen molar-refractivity contribution in [2.45, 2.75) is 23.9 Å². The summed E-state index contributed by atoms with van der Waals surface area (Å²) in [4.78, 5) is 23.2. The minimum absolute atomic E-state index is 0.185. The third kappa shape index (κ3) is 4.87. The van der Waals surface area contributed by atoms with Crippen LogP contribution in [0.2, 0.25) is 0 Å². The first-order chi connectivity index (χ1) is 14.5. The van der Waals surface area contributed by atoms with Crippen molar-refractivity contribution in [3.05, 3.63) is 70.1 Å². The van der Waals surface area contributed by atoms with Crippen LogP contribution in [0.15, 0.2) is 62.1 Å². The summed E-state index contributed by atoms with van der Waals surface area (Å²) < 4.78 is 6.10. The van der Waals surface area contributed by atoms with Gasteiger partial charge in [-0.25, -0.2) is 4.79 Å². The van der Waals surface area contributed by atoms with Gasteiger partial charge in [0.15, 0.2) is 4.34 Å². The van der Waals surface area contributed by atoms with E-state index in [0.29, 0.717) is 22.2 Å². The van der Waals surface area contributed by atoms with Gasteiger partial charge in [0, 0.05) is 41.6 Å². The van der Waals surface area contributed by atoms with Crippen molar-refractivity contribution in [2.75, 3.05) is 10.6 Å². The summed E-state index contributed by atoms with van der Waals surface area (Å²) in [6, 6.07) is 14.8. The van der Waals surface area contributed by atoms with Crippen LogP contribution in [0, 0.1) is 6.92 Å². The monoisotopic (exact) mass is 438 g/mol. The van der Waals surface area contributed by atoms with E-state index in [-0.39, 0.29) is 5.91 Å². The SMILES string of the molecule is CC(=O)Nc1ccc2c(CSc3nnc(Nc4cccc(C)c4)s3)cc(=O)oc2c1. The van der Waals surface area contributed by atoms with E-state index in [4.69, 9.17) is 4.42 Å². The van der Waals surface area contributed by atoms with Crippen molar-refractivity contribution in [1.29, 1.82) is 0 Å². The molecule has 4 rings (SSSR count). The van der Waals surface area contributed by atoms with Crippen molar-refractivity contribution in [1.82, 2.24) is 10.2 Å². The Labute approximate surface area is 180 Å². The van der Waals surface area contributed by atoms with Crippen LogP contribution in [0.1, 0.15) is 18.1 Å². The summed E-state index contributed by atoms with van der Waals surface area (Å²) in [7, 11) is 0. The first-order valence-corrected chi connectivity index (χ1v) is 10.9. The van der Waals surface area contributed by atoms with E-state index in [1.165, 1.54) is 36.1 Å². The molecule has 0 radical (unpaired) electrons. The number of aryl methyl sites for hydroxylation is 1. The zero-order valence-electron chi connectivity index (χ0n) is 16.3. The third-order valence-electron chi connectivity index (χ3n) is 4.18. The molecule has 0 fully saturated rings. The van der Waals surface area contributed by atoms with Gasteiger partial charge in [-0.1, -0.05) is 35.2 Å². The molecule has 0 aliphatic heterocycles. The van der Waals surface area contributed by atoms with Crippen molar-refractivity contribution < 1.29 is 9.21 Å². The topological polar surface area (TPSA) is 97.1 Å². The number of rotatable bonds is 6. The molecule has 0 aliphatic rings. The van der Waals surface area contributed by atoms with Crippen molar-refractivity contribution in [3.63, 3.8) is 0 Å². The molecule has 4 aromatic rings. The summed E-state index contributed by atoms with van der Waals surface area (Å²) in [5.41, 5.74) is 3.54. The van der Waals surface area contributed by atoms with E-state index in [2.05, 4.69) is 20.8 Å². The first kappa shape index (κ1) is 20.1. The smallest absolute Gasteiger partial charge is 0.336 e. The average Bonchev–Trinajstić information content (AvgIpc) is 3.12. The van der Waals surface area contributed by atoms with Crippen LogP contribution in [0.4, 0.5) is 16.5 Å². The molecule has 2 aromatic carbocycles. The number of aromatic nitrogens is 2. The summed E-state index contributed by atoms with van der Waals surface area (Å²) in [5, 5.41) is 15.9. The molecule has 0 saturated heterocycles. The minimum atomic E-state index is -0.433. The third-order valence-corrected chi connectivity index (χ3v) is 6.20. The molecule has 7 nitrogen and oxygen atoms in total. The van der Waals surface area contributed by atoms with E-state index in [0.717, 1.165) is 26.5 Å². The quantitative estimate of drug-likeness (QED) is 0.325. The lowest BCUT2D eigenvalue weighted by Gasteiger charge is -2.07. The van der Waals surface area contributed by atoms with Crippen LogP contribution in [0.25, 0.3) is 11.0 Å². The highest BCUT2D eigenvalue weighted by atomic mass is 32.2. The lowest BCUT2D eigenvalue weighted by Crippen LogP contribution is -2.06. The van der Waals surface area contributed by atoms with Crippen LogP contribution >= 0.6 is 23.1 Å². The number of hydrogen-bond donors (Lipinski definition) is 2. The second-order valence-corrected chi connectivity index (χ2v) is 8.84. The molecule has 0 unspecified atom stereocenters. The maximum Gasteiger partial charge on any atom is 0.336 e. The van der Waals surface area contributed by atoms with E-state index in [1.54, 1.807) is 12.1 Å². The van der Waals surface area contributed by atoms with Crippen molar-refractivity contribution >= 4 is 56.5 Å². The molecule has 2 aromatic heterocycles. The predicted molar refractivity (Wildman–Crippen MR) is 121 cm³/mol. The van der Waals surface area contributed by atoms with Gasteiger partial charge >= 0.3 is 5.63 Å². The lowest BCUT2D eigenvalue weighted by atomic mass is 10.1. The highest BCUT2D eigenvalue weighted by molar-refractivity contribution is 8.00. The Morgan fingerprint density at radius 1 is 1.13 bits per heavy atom. The Morgan fingerprint density at radius 2 is 2.00 bits per heavy atom. The Morgan fingerprint density at radius 3 is 2.80 bits per heavy atom. The largest absolute Gasteiger partial charge is 0.423 e. The Balaban J connectivity index is 1.50. The van der Waals surface area contributed by atoms with E-state index >= 15 is 0 Å². The van der Waals surface area contributed by atoms with Gasteiger partial charge in [-0.15, -0.1) is 10.2 Å². The molecule has 0 spiro atoms. The maximum absolute atomic E-state index is 12.0. The fourth-order valence-corrected chi connectivity index (χ4v) is 4.70. The number of nitrogens with zero attached hydrogens (tertiary/aromatic N) is 2. The Bertz CT molecular complexity index is 1280. The van der Waals surface area contributed by atoms with Crippen molar-refractivity contribution in [3.8, 4) is 0 Å². The zero-order chi connectivity index (χ0) is 21.1. The van der Waals surface area contributed by atoms with Gasteiger partial charge in [-0.3, -0.25) is 4.79 Å². The minimum Gasteiger partial charge on any atom is -0.423 e. The normalized spacial score (nSPS) is 10.9. The van der Waals surface area contributed by atoms with Crippen LogP contribution in [-0.2, 0) is 10.5 Å². The molecular formula is C21H18N4O3S2. The Kier molecular flexibility index (Phi) is 5.82. The van der Waals surface area contributed by atoms with Crippen LogP contribution < -0.4 is 16.3 Å². The number of anilines is 3. The molecule has 1 amide bonds. The molecule has 9 heteroatoms. The number of carbonyl (C=O) groups is 1. The average molecular weight is 439 g/mol. The maximum atomic E-state index is 12.0. The number of thioether (sulfide) groups is 1. The van der Waals surface area contributed by atoms with Gasteiger partial charge in [0.05, 0.1) is 0 Å². The number of nitrogens with one attached hydrogen (secondary N) is 2. The second-order valence-electron chi connectivity index (χ2n) is 6.64. The van der Waals surface area contributed by atoms with Gasteiger partial charge in [0.2, 0.25) is 11.0 Å². The fraction of sp³-hybridized carbons (Fsp3) is 0.143. The Hall–Kier alpha value is -3.17. The molecule has 2 heterocycles. The summed E-state index contributed by atoms with van der Waals surface area (Å²) in [6.07, 6.45) is 0. The fourth-order valence-electron chi connectivity index (χ4n) is 2.93. The molecule has 2 N–H and O–H groups in total. The highest BCUT2D eigenvalue weighted by Gasteiger charge is 2.11. The van der Waals surface area contributed by atoms with Crippen LogP contribution in [0.3, 0.4) is 0 Å². The standard InChI is InChI=1S/C21H18N4O3S2/c1-12-4-3-5-15(8-12)23-20-24-25-21(30-20)29-11-14-9-19(27)28-18-10-16(22-13(2)26)6-7-17(14)18/h3-10H,11H2,1-2H3,(H,22,26)(H,23,24). The van der Waals surface area contributed by atoms with Gasteiger partial charge in [0.1, 0.15) is 5.58 Å². The molecule has 152 valence electrons. The summed E-state index contributed by atoms with van der Waals surface area (Å²) >= 11 is 2.95.